The third-order valence-electron chi connectivity index (χ3n) is 2.08. The maximum absolute atomic E-state index is 11.6. The Bertz CT molecular complexity index is 412. The molecule has 0 spiro atoms. The number of hydrogen-bond donors (Lipinski definition) is 1. The first-order valence-corrected chi connectivity index (χ1v) is 4.60. The van der Waals surface area contributed by atoms with Gasteiger partial charge >= 0.3 is 0 Å². The van der Waals surface area contributed by atoms with E-state index in [-0.39, 0.29) is 18.2 Å². The molecule has 0 atom stereocenters. The monoisotopic (exact) mass is 202 g/mol. The molecule has 0 aliphatic carbocycles. The number of amides is 2. The molecule has 0 radical (unpaired) electrons. The van der Waals surface area contributed by atoms with Gasteiger partial charge in [0.25, 0.3) is 0 Å². The molecule has 1 aromatic carbocycles. The minimum Gasteiger partial charge on any atom is -0.331 e. The second-order valence-electron chi connectivity index (χ2n) is 3.16. The van der Waals surface area contributed by atoms with Crippen LogP contribution in [0.5, 0.6) is 0 Å². The van der Waals surface area contributed by atoms with Gasteiger partial charge in [0.05, 0.1) is 0 Å². The van der Waals surface area contributed by atoms with Crippen molar-refractivity contribution in [3.8, 4) is 0 Å². The standard InChI is InChI=1S/C11H10N2O2/c14-10-8-11(15)13(7-6-12-10)9-4-2-1-3-5-9/h1-7H,8H2,(H,12,14). The van der Waals surface area contributed by atoms with E-state index < -0.39 is 0 Å². The van der Waals surface area contributed by atoms with Crippen LogP contribution in [0, 0.1) is 0 Å². The topological polar surface area (TPSA) is 49.4 Å². The summed E-state index contributed by atoms with van der Waals surface area (Å²) in [5.74, 6) is -0.512. The third-order valence-corrected chi connectivity index (χ3v) is 2.08. The predicted molar refractivity (Wildman–Crippen MR) is 55.8 cm³/mol. The number of carbonyl (C=O) groups is 2. The fourth-order valence-corrected chi connectivity index (χ4v) is 1.38. The van der Waals surface area contributed by atoms with Crippen LogP contribution in [0.4, 0.5) is 5.69 Å². The van der Waals surface area contributed by atoms with Crippen molar-refractivity contribution in [3.63, 3.8) is 0 Å². The summed E-state index contributed by atoms with van der Waals surface area (Å²) in [5, 5.41) is 2.49. The SMILES string of the molecule is O=C1CC(=O)N(c2ccccc2)C=CN1. The molecule has 0 bridgehead atoms. The second kappa shape index (κ2) is 3.96. The van der Waals surface area contributed by atoms with Crippen molar-refractivity contribution in [2.45, 2.75) is 6.42 Å². The maximum Gasteiger partial charge on any atom is 0.240 e. The van der Waals surface area contributed by atoms with Crippen molar-refractivity contribution in [2.24, 2.45) is 0 Å². The number of anilines is 1. The van der Waals surface area contributed by atoms with E-state index >= 15 is 0 Å². The molecule has 1 aliphatic rings. The molecule has 76 valence electrons. The number of nitrogens with zero attached hydrogens (tertiary/aromatic N) is 1. The number of carbonyl (C=O) groups excluding carboxylic acids is 2. The fourth-order valence-electron chi connectivity index (χ4n) is 1.38. The van der Waals surface area contributed by atoms with Crippen LogP contribution in [-0.2, 0) is 9.59 Å². The molecule has 2 rings (SSSR count). The van der Waals surface area contributed by atoms with E-state index in [0.29, 0.717) is 0 Å². The summed E-state index contributed by atoms with van der Waals surface area (Å²) in [7, 11) is 0. The highest BCUT2D eigenvalue weighted by molar-refractivity contribution is 6.07. The largest absolute Gasteiger partial charge is 0.331 e. The summed E-state index contributed by atoms with van der Waals surface area (Å²) in [6.45, 7) is 0. The number of benzene rings is 1. The minimum atomic E-state index is -0.283. The zero-order valence-electron chi connectivity index (χ0n) is 8.01. The van der Waals surface area contributed by atoms with Crippen LogP contribution in [0.2, 0.25) is 0 Å². The molecule has 0 saturated carbocycles. The number of hydrogen-bond acceptors (Lipinski definition) is 2. The van der Waals surface area contributed by atoms with E-state index in [9.17, 15) is 9.59 Å². The molecule has 1 N–H and O–H groups in total. The molecule has 4 nitrogen and oxygen atoms in total. The van der Waals surface area contributed by atoms with Gasteiger partial charge < -0.3 is 5.32 Å². The Morgan fingerprint density at radius 2 is 1.87 bits per heavy atom. The smallest absolute Gasteiger partial charge is 0.240 e. The Morgan fingerprint density at radius 3 is 2.60 bits per heavy atom. The molecule has 1 aromatic rings. The molecule has 1 aliphatic heterocycles. The summed E-state index contributed by atoms with van der Waals surface area (Å²) in [6.07, 6.45) is 2.91. The summed E-state index contributed by atoms with van der Waals surface area (Å²) in [5.41, 5.74) is 0.759. The lowest BCUT2D eigenvalue weighted by Gasteiger charge is -2.15. The van der Waals surface area contributed by atoms with E-state index in [1.54, 1.807) is 6.20 Å². The molecule has 4 heteroatoms. The molecular formula is C11H10N2O2. The Hall–Kier alpha value is -2.10. The first kappa shape index (κ1) is 9.45. The average molecular weight is 202 g/mol. The number of para-hydroxylation sites is 1. The van der Waals surface area contributed by atoms with Gasteiger partial charge in [-0.15, -0.1) is 0 Å². The van der Waals surface area contributed by atoms with Crippen molar-refractivity contribution < 1.29 is 9.59 Å². The van der Waals surface area contributed by atoms with Gasteiger partial charge in [0.15, 0.2) is 0 Å². The summed E-state index contributed by atoms with van der Waals surface area (Å²) >= 11 is 0. The lowest BCUT2D eigenvalue weighted by Crippen LogP contribution is -2.26. The van der Waals surface area contributed by atoms with Gasteiger partial charge in [0.1, 0.15) is 6.42 Å². The zero-order chi connectivity index (χ0) is 10.7. The van der Waals surface area contributed by atoms with Gasteiger partial charge in [-0.05, 0) is 12.1 Å². The predicted octanol–water partition coefficient (Wildman–Crippen LogP) is 1.01. The molecule has 1 heterocycles. The second-order valence-corrected chi connectivity index (χ2v) is 3.16. The van der Waals surface area contributed by atoms with E-state index in [1.165, 1.54) is 11.1 Å². The lowest BCUT2D eigenvalue weighted by molar-refractivity contribution is -0.126. The van der Waals surface area contributed by atoms with Crippen molar-refractivity contribution in [2.75, 3.05) is 4.90 Å². The van der Waals surface area contributed by atoms with Crippen LogP contribution in [-0.4, -0.2) is 11.8 Å². The zero-order valence-corrected chi connectivity index (χ0v) is 8.01. The van der Waals surface area contributed by atoms with Crippen molar-refractivity contribution >= 4 is 17.5 Å². The number of rotatable bonds is 1. The van der Waals surface area contributed by atoms with Crippen LogP contribution in [0.15, 0.2) is 42.7 Å². The van der Waals surface area contributed by atoms with Crippen LogP contribution >= 0.6 is 0 Å². The lowest BCUT2D eigenvalue weighted by atomic mass is 10.2. The highest BCUT2D eigenvalue weighted by atomic mass is 16.2. The first-order valence-electron chi connectivity index (χ1n) is 4.60. The summed E-state index contributed by atoms with van der Waals surface area (Å²) < 4.78 is 0. The quantitative estimate of drug-likeness (QED) is 0.691. The Morgan fingerprint density at radius 1 is 1.13 bits per heavy atom. The molecule has 0 fully saturated rings. The molecule has 0 aromatic heterocycles. The van der Waals surface area contributed by atoms with Gasteiger partial charge in [0.2, 0.25) is 11.8 Å². The van der Waals surface area contributed by atoms with Gasteiger partial charge in [-0.3, -0.25) is 14.5 Å². The van der Waals surface area contributed by atoms with E-state index in [2.05, 4.69) is 5.32 Å². The normalized spacial score (nSPS) is 16.1. The van der Waals surface area contributed by atoms with E-state index in [1.807, 2.05) is 30.3 Å². The Labute approximate surface area is 87.2 Å². The maximum atomic E-state index is 11.6. The summed E-state index contributed by atoms with van der Waals surface area (Å²) in [4.78, 5) is 24.2. The van der Waals surface area contributed by atoms with Crippen LogP contribution < -0.4 is 10.2 Å². The van der Waals surface area contributed by atoms with Crippen LogP contribution in [0.25, 0.3) is 0 Å². The van der Waals surface area contributed by atoms with E-state index in [4.69, 9.17) is 0 Å². The average Bonchev–Trinajstić information content (AvgIpc) is 2.40. The molecule has 2 amide bonds. The van der Waals surface area contributed by atoms with Gasteiger partial charge in [-0.25, -0.2) is 0 Å². The van der Waals surface area contributed by atoms with Crippen LogP contribution in [0.3, 0.4) is 0 Å². The van der Waals surface area contributed by atoms with Gasteiger partial charge in [0, 0.05) is 18.1 Å². The molecule has 0 unspecified atom stereocenters. The number of nitrogens with one attached hydrogen (secondary N) is 1. The van der Waals surface area contributed by atoms with Gasteiger partial charge in [-0.2, -0.15) is 0 Å². The Kier molecular flexibility index (Phi) is 2.49. The molecule has 15 heavy (non-hydrogen) atoms. The fraction of sp³-hybridized carbons (Fsp3) is 0.0909. The molecule has 0 saturated heterocycles. The highest BCUT2D eigenvalue weighted by Gasteiger charge is 2.18. The third kappa shape index (κ3) is 2.04. The van der Waals surface area contributed by atoms with Crippen molar-refractivity contribution in [3.05, 3.63) is 42.7 Å². The first-order chi connectivity index (χ1) is 7.27. The Balaban J connectivity index is 2.29. The highest BCUT2D eigenvalue weighted by Crippen LogP contribution is 2.15. The molecular weight excluding hydrogens is 192 g/mol. The van der Waals surface area contributed by atoms with Gasteiger partial charge in [-0.1, -0.05) is 18.2 Å². The minimum absolute atomic E-state index is 0.123. The van der Waals surface area contributed by atoms with Crippen LogP contribution in [0.1, 0.15) is 6.42 Å². The summed E-state index contributed by atoms with van der Waals surface area (Å²) in [6, 6.07) is 9.20. The van der Waals surface area contributed by atoms with Crippen molar-refractivity contribution in [1.82, 2.24) is 5.32 Å². The van der Waals surface area contributed by atoms with E-state index in [0.717, 1.165) is 5.69 Å². The van der Waals surface area contributed by atoms with Crippen molar-refractivity contribution in [1.29, 1.82) is 0 Å².